The molecule has 0 spiro atoms. The fraction of sp³-hybridized carbons (Fsp3) is 0.750. The minimum atomic E-state index is -1.40. The highest BCUT2D eigenvalue weighted by Gasteiger charge is 2.15. The first kappa shape index (κ1) is 11.8. The summed E-state index contributed by atoms with van der Waals surface area (Å²) in [6.07, 6.45) is 3.37. The Labute approximate surface area is 77.8 Å². The Morgan fingerprint density at radius 1 is 0.667 bits per heavy atom. The maximum absolute atomic E-state index is 5.48. The summed E-state index contributed by atoms with van der Waals surface area (Å²) in [4.78, 5) is 0. The average Bonchev–Trinajstić information content (AvgIpc) is 1.76. The quantitative estimate of drug-likeness (QED) is 0.517. The molecule has 4 heteroatoms. The molecule has 0 saturated heterocycles. The van der Waals surface area contributed by atoms with Gasteiger partial charge in [-0.2, -0.15) is 0 Å². The zero-order chi connectivity index (χ0) is 9.83. The molecule has 0 aliphatic carbocycles. The van der Waals surface area contributed by atoms with Crippen LogP contribution in [0.2, 0.25) is 39.3 Å². The topological polar surface area (TPSA) is 18.5 Å². The Kier molecular flexibility index (Phi) is 4.06. The van der Waals surface area contributed by atoms with Crippen molar-refractivity contribution in [3.8, 4) is 0 Å². The van der Waals surface area contributed by atoms with Gasteiger partial charge >= 0.3 is 0 Å². The average molecular weight is 204 g/mol. The third kappa shape index (κ3) is 9.77. The van der Waals surface area contributed by atoms with Crippen LogP contribution in [0.25, 0.3) is 0 Å². The lowest BCUT2D eigenvalue weighted by Crippen LogP contribution is -2.24. The molecule has 0 fully saturated rings. The second-order valence-corrected chi connectivity index (χ2v) is 13.7. The third-order valence-corrected chi connectivity index (χ3v) is 2.59. The standard InChI is InChI=1S/C8H20O2Si2/c1-11(2,3)9-7-8-10-12(4,5)6/h7-8H,1-6H3/b8-7-. The van der Waals surface area contributed by atoms with Gasteiger partial charge in [-0.15, -0.1) is 0 Å². The molecule has 72 valence electrons. The molecular formula is C8H20O2Si2. The SMILES string of the molecule is C[Si](C)(C)O/C=C\O[Si](C)(C)C. The summed E-state index contributed by atoms with van der Waals surface area (Å²) in [6.45, 7) is 12.9. The van der Waals surface area contributed by atoms with Gasteiger partial charge in [-0.3, -0.25) is 0 Å². The van der Waals surface area contributed by atoms with E-state index in [0.29, 0.717) is 0 Å². The van der Waals surface area contributed by atoms with Crippen molar-refractivity contribution in [3.05, 3.63) is 12.5 Å². The normalized spacial score (nSPS) is 13.5. The van der Waals surface area contributed by atoms with E-state index in [4.69, 9.17) is 8.85 Å². The summed E-state index contributed by atoms with van der Waals surface area (Å²) < 4.78 is 11.0. The molecule has 0 saturated carbocycles. The smallest absolute Gasteiger partial charge is 0.241 e. The van der Waals surface area contributed by atoms with Gasteiger partial charge in [0.05, 0.1) is 12.5 Å². The predicted molar refractivity (Wildman–Crippen MR) is 58.0 cm³/mol. The maximum Gasteiger partial charge on any atom is 0.241 e. The molecule has 0 aliphatic heterocycles. The Bertz CT molecular complexity index is 135. The van der Waals surface area contributed by atoms with E-state index in [0.717, 1.165) is 0 Å². The molecule has 12 heavy (non-hydrogen) atoms. The van der Waals surface area contributed by atoms with Gasteiger partial charge in [0.15, 0.2) is 0 Å². The van der Waals surface area contributed by atoms with Crippen LogP contribution >= 0.6 is 0 Å². The van der Waals surface area contributed by atoms with Crippen LogP contribution in [-0.4, -0.2) is 16.6 Å². The van der Waals surface area contributed by atoms with E-state index >= 15 is 0 Å². The molecule has 0 bridgehead atoms. The summed E-state index contributed by atoms with van der Waals surface area (Å²) in [7, 11) is -2.81. The Balaban J connectivity index is 3.66. The maximum atomic E-state index is 5.48. The Morgan fingerprint density at radius 3 is 1.08 bits per heavy atom. The molecule has 0 amide bonds. The van der Waals surface area contributed by atoms with Gasteiger partial charge in [0.1, 0.15) is 0 Å². The van der Waals surface area contributed by atoms with Crippen molar-refractivity contribution >= 4 is 16.6 Å². The van der Waals surface area contributed by atoms with E-state index in [-0.39, 0.29) is 0 Å². The van der Waals surface area contributed by atoms with E-state index in [2.05, 4.69) is 39.3 Å². The van der Waals surface area contributed by atoms with Gasteiger partial charge < -0.3 is 8.85 Å². The van der Waals surface area contributed by atoms with Crippen molar-refractivity contribution < 1.29 is 8.85 Å². The van der Waals surface area contributed by atoms with Crippen molar-refractivity contribution in [3.63, 3.8) is 0 Å². The molecule has 2 nitrogen and oxygen atoms in total. The van der Waals surface area contributed by atoms with Crippen molar-refractivity contribution in [2.24, 2.45) is 0 Å². The van der Waals surface area contributed by atoms with E-state index < -0.39 is 16.6 Å². The van der Waals surface area contributed by atoms with E-state index in [1.807, 2.05) is 0 Å². The molecule has 0 N–H and O–H groups in total. The van der Waals surface area contributed by atoms with Gasteiger partial charge in [0.25, 0.3) is 0 Å². The second kappa shape index (κ2) is 4.14. The fourth-order valence-corrected chi connectivity index (χ4v) is 1.39. The van der Waals surface area contributed by atoms with Crippen molar-refractivity contribution in [2.45, 2.75) is 39.3 Å². The minimum Gasteiger partial charge on any atom is -0.547 e. The van der Waals surface area contributed by atoms with E-state index in [1.54, 1.807) is 12.5 Å². The zero-order valence-corrected chi connectivity index (χ0v) is 11.0. The van der Waals surface area contributed by atoms with Crippen LogP contribution in [0.4, 0.5) is 0 Å². The Hall–Kier alpha value is -0.226. The molecule has 0 rings (SSSR count). The van der Waals surface area contributed by atoms with Crippen LogP contribution in [0.3, 0.4) is 0 Å². The minimum absolute atomic E-state index is 1.40. The first-order valence-electron chi connectivity index (χ1n) is 4.21. The molecule has 0 aliphatic rings. The fourth-order valence-electron chi connectivity index (χ4n) is 0.464. The number of rotatable bonds is 4. The van der Waals surface area contributed by atoms with Gasteiger partial charge in [0.2, 0.25) is 16.6 Å². The summed E-state index contributed by atoms with van der Waals surface area (Å²) in [5, 5.41) is 0. The monoisotopic (exact) mass is 204 g/mol. The summed E-state index contributed by atoms with van der Waals surface area (Å²) >= 11 is 0. The van der Waals surface area contributed by atoms with Crippen LogP contribution in [0.5, 0.6) is 0 Å². The molecule has 0 unspecified atom stereocenters. The molecule has 0 aromatic rings. The van der Waals surface area contributed by atoms with Crippen LogP contribution in [0.15, 0.2) is 12.5 Å². The van der Waals surface area contributed by atoms with Crippen LogP contribution in [-0.2, 0) is 8.85 Å². The lowest BCUT2D eigenvalue weighted by Gasteiger charge is -2.17. The highest BCUT2D eigenvalue weighted by Crippen LogP contribution is 2.05. The molecule has 0 aromatic heterocycles. The Morgan fingerprint density at radius 2 is 0.917 bits per heavy atom. The van der Waals surface area contributed by atoms with Crippen LogP contribution < -0.4 is 0 Å². The molecule has 0 heterocycles. The first-order valence-corrected chi connectivity index (χ1v) is 11.0. The van der Waals surface area contributed by atoms with Crippen molar-refractivity contribution in [1.82, 2.24) is 0 Å². The number of hydrogen-bond donors (Lipinski definition) is 0. The largest absolute Gasteiger partial charge is 0.547 e. The zero-order valence-electron chi connectivity index (χ0n) is 8.97. The van der Waals surface area contributed by atoms with Gasteiger partial charge in [0, 0.05) is 0 Å². The molecule has 0 radical (unpaired) electrons. The van der Waals surface area contributed by atoms with Gasteiger partial charge in [-0.25, -0.2) is 0 Å². The first-order chi connectivity index (χ1) is 5.21. The summed E-state index contributed by atoms with van der Waals surface area (Å²) in [6, 6.07) is 0. The molecular weight excluding hydrogens is 184 g/mol. The molecule has 0 aromatic carbocycles. The summed E-state index contributed by atoms with van der Waals surface area (Å²) in [5.41, 5.74) is 0. The van der Waals surface area contributed by atoms with Crippen LogP contribution in [0.1, 0.15) is 0 Å². The third-order valence-electron chi connectivity index (χ3n) is 0.899. The number of hydrogen-bond acceptors (Lipinski definition) is 2. The van der Waals surface area contributed by atoms with E-state index in [9.17, 15) is 0 Å². The van der Waals surface area contributed by atoms with Crippen molar-refractivity contribution in [2.75, 3.05) is 0 Å². The second-order valence-electron chi connectivity index (χ2n) is 4.73. The van der Waals surface area contributed by atoms with Gasteiger partial charge in [-0.1, -0.05) is 0 Å². The highest BCUT2D eigenvalue weighted by atomic mass is 28.4. The molecule has 0 atom stereocenters. The van der Waals surface area contributed by atoms with E-state index in [1.165, 1.54) is 0 Å². The van der Waals surface area contributed by atoms with Crippen LogP contribution in [0, 0.1) is 0 Å². The summed E-state index contributed by atoms with van der Waals surface area (Å²) in [5.74, 6) is 0. The predicted octanol–water partition coefficient (Wildman–Crippen LogP) is 3.16. The lowest BCUT2D eigenvalue weighted by atomic mass is 11.1. The highest BCUT2D eigenvalue weighted by molar-refractivity contribution is 6.70. The lowest BCUT2D eigenvalue weighted by molar-refractivity contribution is 0.418. The van der Waals surface area contributed by atoms with Crippen molar-refractivity contribution in [1.29, 1.82) is 0 Å². The van der Waals surface area contributed by atoms with Gasteiger partial charge in [-0.05, 0) is 39.3 Å².